The Kier molecular flexibility index (Phi) is 3.67. The predicted octanol–water partition coefficient (Wildman–Crippen LogP) is 4.02. The lowest BCUT2D eigenvalue weighted by atomic mass is 10.0. The Morgan fingerprint density at radius 3 is 2.57 bits per heavy atom. The highest BCUT2D eigenvalue weighted by molar-refractivity contribution is 6.31. The zero-order valence-electron chi connectivity index (χ0n) is 11.5. The maximum Gasteiger partial charge on any atom is 0.167 e. The third kappa shape index (κ3) is 2.93. The van der Waals surface area contributed by atoms with Gasteiger partial charge in [-0.1, -0.05) is 23.7 Å². The molecule has 0 unspecified atom stereocenters. The van der Waals surface area contributed by atoms with Crippen molar-refractivity contribution in [2.24, 2.45) is 0 Å². The van der Waals surface area contributed by atoms with Crippen LogP contribution >= 0.6 is 11.6 Å². The first kappa shape index (κ1) is 13.7. The largest absolute Gasteiger partial charge is 0.294 e. The van der Waals surface area contributed by atoms with Gasteiger partial charge in [0, 0.05) is 29.4 Å². The van der Waals surface area contributed by atoms with Crippen molar-refractivity contribution in [2.45, 2.75) is 13.3 Å². The van der Waals surface area contributed by atoms with Crippen LogP contribution in [0.1, 0.15) is 21.5 Å². The lowest BCUT2D eigenvalue weighted by Crippen LogP contribution is -2.04. The molecule has 0 aliphatic heterocycles. The van der Waals surface area contributed by atoms with E-state index in [0.717, 1.165) is 22.2 Å². The number of fused-ring (bicyclic) bond motifs is 1. The molecule has 0 aliphatic carbocycles. The second-order valence-electron chi connectivity index (χ2n) is 4.95. The highest BCUT2D eigenvalue weighted by Gasteiger charge is 2.11. The maximum atomic E-state index is 12.4. The lowest BCUT2D eigenvalue weighted by molar-refractivity contribution is 0.0993. The van der Waals surface area contributed by atoms with Gasteiger partial charge in [0.05, 0.1) is 11.0 Å². The maximum absolute atomic E-state index is 12.4. The van der Waals surface area contributed by atoms with Crippen molar-refractivity contribution >= 4 is 28.4 Å². The number of benzene rings is 2. The highest BCUT2D eigenvalue weighted by atomic mass is 35.5. The summed E-state index contributed by atoms with van der Waals surface area (Å²) in [5.41, 5.74) is 4.05. The zero-order valence-corrected chi connectivity index (χ0v) is 12.3. The molecular weight excluding hydrogens is 284 g/mol. The second kappa shape index (κ2) is 5.62. The Labute approximate surface area is 127 Å². The van der Waals surface area contributed by atoms with Crippen LogP contribution in [-0.4, -0.2) is 15.8 Å². The summed E-state index contributed by atoms with van der Waals surface area (Å²) in [5.74, 6) is 0.0216. The van der Waals surface area contributed by atoms with Gasteiger partial charge in [-0.25, -0.2) is 0 Å². The SMILES string of the molecule is Cc1ccc(CC(=O)c2ccc3nccnc3c2)c(Cl)c1. The first-order valence-corrected chi connectivity index (χ1v) is 7.00. The van der Waals surface area contributed by atoms with Gasteiger partial charge in [-0.05, 0) is 42.3 Å². The Bertz CT molecular complexity index is 830. The van der Waals surface area contributed by atoms with E-state index in [1.807, 2.05) is 31.2 Å². The number of carbonyl (C=O) groups excluding carboxylic acids is 1. The number of rotatable bonds is 3. The van der Waals surface area contributed by atoms with Gasteiger partial charge < -0.3 is 0 Å². The number of ketones is 1. The van der Waals surface area contributed by atoms with Crippen molar-refractivity contribution in [1.82, 2.24) is 9.97 Å². The molecule has 4 heteroatoms. The predicted molar refractivity (Wildman–Crippen MR) is 83.8 cm³/mol. The number of carbonyl (C=O) groups is 1. The summed E-state index contributed by atoms with van der Waals surface area (Å²) in [7, 11) is 0. The standard InChI is InChI=1S/C17H13ClN2O/c1-11-2-3-12(14(18)8-11)10-17(21)13-4-5-15-16(9-13)20-7-6-19-15/h2-9H,10H2,1H3. The summed E-state index contributed by atoms with van der Waals surface area (Å²) in [5, 5.41) is 0.629. The van der Waals surface area contributed by atoms with E-state index < -0.39 is 0 Å². The normalized spacial score (nSPS) is 10.8. The van der Waals surface area contributed by atoms with Crippen LogP contribution in [0.3, 0.4) is 0 Å². The molecule has 0 aliphatic rings. The van der Waals surface area contributed by atoms with Crippen LogP contribution in [0, 0.1) is 6.92 Å². The van der Waals surface area contributed by atoms with Crippen molar-refractivity contribution in [2.75, 3.05) is 0 Å². The fourth-order valence-corrected chi connectivity index (χ4v) is 2.51. The summed E-state index contributed by atoms with van der Waals surface area (Å²) in [6, 6.07) is 11.1. The van der Waals surface area contributed by atoms with Gasteiger partial charge in [0.2, 0.25) is 0 Å². The Balaban J connectivity index is 1.89. The molecule has 0 saturated carbocycles. The van der Waals surface area contributed by atoms with Gasteiger partial charge in [-0.2, -0.15) is 0 Å². The second-order valence-corrected chi connectivity index (χ2v) is 5.36. The number of halogens is 1. The van der Waals surface area contributed by atoms with Crippen LogP contribution in [0.15, 0.2) is 48.8 Å². The summed E-state index contributed by atoms with van der Waals surface area (Å²) < 4.78 is 0. The number of hydrogen-bond donors (Lipinski definition) is 0. The molecular formula is C17H13ClN2O. The van der Waals surface area contributed by atoms with Crippen LogP contribution in [0.4, 0.5) is 0 Å². The van der Waals surface area contributed by atoms with E-state index in [-0.39, 0.29) is 12.2 Å². The molecule has 1 heterocycles. The first-order chi connectivity index (χ1) is 10.1. The number of aryl methyl sites for hydroxylation is 1. The van der Waals surface area contributed by atoms with E-state index in [1.165, 1.54) is 0 Å². The average molecular weight is 297 g/mol. The van der Waals surface area contributed by atoms with E-state index in [9.17, 15) is 4.79 Å². The first-order valence-electron chi connectivity index (χ1n) is 6.62. The molecule has 0 atom stereocenters. The average Bonchev–Trinajstić information content (AvgIpc) is 2.49. The molecule has 21 heavy (non-hydrogen) atoms. The Morgan fingerprint density at radius 2 is 1.81 bits per heavy atom. The van der Waals surface area contributed by atoms with Crippen LogP contribution in [-0.2, 0) is 6.42 Å². The molecule has 104 valence electrons. The van der Waals surface area contributed by atoms with Gasteiger partial charge >= 0.3 is 0 Å². The smallest absolute Gasteiger partial charge is 0.167 e. The van der Waals surface area contributed by atoms with Gasteiger partial charge in [-0.3, -0.25) is 14.8 Å². The molecule has 0 spiro atoms. The van der Waals surface area contributed by atoms with Crippen LogP contribution in [0.5, 0.6) is 0 Å². The molecule has 0 radical (unpaired) electrons. The Hall–Kier alpha value is -2.26. The van der Waals surface area contributed by atoms with Crippen LogP contribution in [0.2, 0.25) is 5.02 Å². The minimum Gasteiger partial charge on any atom is -0.294 e. The molecule has 0 fully saturated rings. The van der Waals surface area contributed by atoms with Crippen molar-refractivity contribution in [3.05, 3.63) is 70.5 Å². The molecule has 0 N–H and O–H groups in total. The molecule has 0 bridgehead atoms. The number of Topliss-reactive ketones (excluding diaryl/α,β-unsaturated/α-hetero) is 1. The summed E-state index contributed by atoms with van der Waals surface area (Å²) in [6.07, 6.45) is 3.54. The van der Waals surface area contributed by atoms with Crippen LogP contribution < -0.4 is 0 Å². The van der Waals surface area contributed by atoms with E-state index in [4.69, 9.17) is 11.6 Å². The van der Waals surface area contributed by atoms with E-state index in [0.29, 0.717) is 10.6 Å². The summed E-state index contributed by atoms with van der Waals surface area (Å²) >= 11 is 6.18. The van der Waals surface area contributed by atoms with Crippen molar-refractivity contribution in [3.8, 4) is 0 Å². The third-order valence-electron chi connectivity index (χ3n) is 3.35. The van der Waals surface area contributed by atoms with E-state index in [1.54, 1.807) is 24.5 Å². The topological polar surface area (TPSA) is 42.9 Å². The van der Waals surface area contributed by atoms with E-state index in [2.05, 4.69) is 9.97 Å². The highest BCUT2D eigenvalue weighted by Crippen LogP contribution is 2.20. The molecule has 3 nitrogen and oxygen atoms in total. The van der Waals surface area contributed by atoms with Crippen molar-refractivity contribution < 1.29 is 4.79 Å². The van der Waals surface area contributed by atoms with Gasteiger partial charge in [0.15, 0.2) is 5.78 Å². The zero-order chi connectivity index (χ0) is 14.8. The minimum atomic E-state index is 0.0216. The molecule has 0 amide bonds. The van der Waals surface area contributed by atoms with Crippen molar-refractivity contribution in [3.63, 3.8) is 0 Å². The van der Waals surface area contributed by atoms with Crippen LogP contribution in [0.25, 0.3) is 11.0 Å². The van der Waals surface area contributed by atoms with Gasteiger partial charge in [0.25, 0.3) is 0 Å². The lowest BCUT2D eigenvalue weighted by Gasteiger charge is -2.06. The summed E-state index contributed by atoms with van der Waals surface area (Å²) in [6.45, 7) is 1.97. The molecule has 3 aromatic rings. The fraction of sp³-hybridized carbons (Fsp3) is 0.118. The van der Waals surface area contributed by atoms with E-state index >= 15 is 0 Å². The summed E-state index contributed by atoms with van der Waals surface area (Å²) in [4.78, 5) is 20.8. The molecule has 2 aromatic carbocycles. The monoisotopic (exact) mass is 296 g/mol. The van der Waals surface area contributed by atoms with Crippen molar-refractivity contribution in [1.29, 1.82) is 0 Å². The molecule has 1 aromatic heterocycles. The van der Waals surface area contributed by atoms with Gasteiger partial charge in [0.1, 0.15) is 0 Å². The molecule has 0 saturated heterocycles. The fourth-order valence-electron chi connectivity index (χ4n) is 2.21. The third-order valence-corrected chi connectivity index (χ3v) is 3.70. The number of nitrogens with zero attached hydrogens (tertiary/aromatic N) is 2. The molecule has 3 rings (SSSR count). The Morgan fingerprint density at radius 1 is 1.05 bits per heavy atom. The minimum absolute atomic E-state index is 0.0216. The number of hydrogen-bond acceptors (Lipinski definition) is 3. The van der Waals surface area contributed by atoms with Gasteiger partial charge in [-0.15, -0.1) is 0 Å². The number of aromatic nitrogens is 2. The quantitative estimate of drug-likeness (QED) is 0.686.